The Labute approximate surface area is 119 Å². The molecule has 1 heterocycles. The molecule has 1 aliphatic carbocycles. The van der Waals surface area contributed by atoms with E-state index in [1.54, 1.807) is 6.07 Å². The zero-order valence-corrected chi connectivity index (χ0v) is 11.4. The van der Waals surface area contributed by atoms with Gasteiger partial charge in [0.15, 0.2) is 5.82 Å². The molecule has 20 heavy (non-hydrogen) atoms. The Balaban J connectivity index is 1.72. The molecule has 0 unspecified atom stereocenters. The number of halogens is 2. The van der Waals surface area contributed by atoms with Gasteiger partial charge in [0.25, 0.3) is 0 Å². The number of nitrogens with zero attached hydrogens (tertiary/aromatic N) is 2. The van der Waals surface area contributed by atoms with E-state index in [1.165, 1.54) is 12.1 Å². The van der Waals surface area contributed by atoms with Crippen LogP contribution in [0.2, 0.25) is 5.02 Å². The summed E-state index contributed by atoms with van der Waals surface area (Å²) in [5.74, 6) is 0.494. The minimum Gasteiger partial charge on any atom is -0.339 e. The number of carbonyl (C=O) groups is 1. The molecule has 1 aliphatic rings. The molecule has 0 bridgehead atoms. The number of hydrogen-bond donors (Lipinski definition) is 0. The first-order valence-corrected chi connectivity index (χ1v) is 6.78. The van der Waals surface area contributed by atoms with Crippen LogP contribution in [-0.4, -0.2) is 15.9 Å². The molecule has 104 valence electrons. The van der Waals surface area contributed by atoms with Crippen molar-refractivity contribution < 1.29 is 13.7 Å². The number of aromatic nitrogens is 2. The second-order valence-corrected chi connectivity index (χ2v) is 5.31. The Bertz CT molecular complexity index is 632. The van der Waals surface area contributed by atoms with Crippen LogP contribution in [-0.2, 0) is 17.6 Å². The zero-order valence-electron chi connectivity index (χ0n) is 10.6. The van der Waals surface area contributed by atoms with E-state index in [0.29, 0.717) is 16.4 Å². The molecule has 0 amide bonds. The summed E-state index contributed by atoms with van der Waals surface area (Å²) in [5.41, 5.74) is 0.329. The quantitative estimate of drug-likeness (QED) is 0.850. The average molecular weight is 295 g/mol. The lowest BCUT2D eigenvalue weighted by atomic mass is 10.1. The van der Waals surface area contributed by atoms with Crippen molar-refractivity contribution >= 4 is 17.4 Å². The fraction of sp³-hybridized carbons (Fsp3) is 0.357. The molecule has 3 rings (SSSR count). The van der Waals surface area contributed by atoms with E-state index in [4.69, 9.17) is 16.1 Å². The Morgan fingerprint density at radius 2 is 2.25 bits per heavy atom. The van der Waals surface area contributed by atoms with Crippen molar-refractivity contribution in [1.29, 1.82) is 0 Å². The predicted octanol–water partition coefficient (Wildman–Crippen LogP) is 2.97. The first-order valence-electron chi connectivity index (χ1n) is 6.40. The zero-order chi connectivity index (χ0) is 14.1. The third kappa shape index (κ3) is 2.88. The van der Waals surface area contributed by atoms with Crippen molar-refractivity contribution in [2.75, 3.05) is 0 Å². The number of benzene rings is 1. The van der Waals surface area contributed by atoms with E-state index in [-0.39, 0.29) is 30.4 Å². The number of hydrogen-bond acceptors (Lipinski definition) is 4. The van der Waals surface area contributed by atoms with Crippen LogP contribution in [0.3, 0.4) is 0 Å². The number of Topliss-reactive ketones (excluding diaryl/α,β-unsaturated/α-hetero) is 1. The van der Waals surface area contributed by atoms with Gasteiger partial charge in [-0.05, 0) is 25.0 Å². The predicted molar refractivity (Wildman–Crippen MR) is 69.9 cm³/mol. The van der Waals surface area contributed by atoms with E-state index in [0.717, 1.165) is 12.8 Å². The van der Waals surface area contributed by atoms with Crippen LogP contribution in [0.5, 0.6) is 0 Å². The standard InChI is InChI=1S/C14H12ClFN2O2/c15-10-2-1-3-11(16)9(10)6-13-17-14(20-18-13)7-12(19)8-4-5-8/h1-3,8H,4-7H2. The summed E-state index contributed by atoms with van der Waals surface area (Å²) in [7, 11) is 0. The molecule has 1 aromatic carbocycles. The highest BCUT2D eigenvalue weighted by atomic mass is 35.5. The lowest BCUT2D eigenvalue weighted by molar-refractivity contribution is -0.119. The lowest BCUT2D eigenvalue weighted by Crippen LogP contribution is -2.05. The number of carbonyl (C=O) groups excluding carboxylic acids is 1. The molecule has 0 aliphatic heterocycles. The van der Waals surface area contributed by atoms with Gasteiger partial charge in [0.05, 0.1) is 6.42 Å². The number of rotatable bonds is 5. The molecule has 4 nitrogen and oxygen atoms in total. The van der Waals surface area contributed by atoms with Crippen molar-refractivity contribution in [3.05, 3.63) is 46.3 Å². The first-order chi connectivity index (χ1) is 9.63. The monoisotopic (exact) mass is 294 g/mol. The van der Waals surface area contributed by atoms with E-state index in [1.807, 2.05) is 0 Å². The van der Waals surface area contributed by atoms with Crippen molar-refractivity contribution in [3.8, 4) is 0 Å². The highest BCUT2D eigenvalue weighted by molar-refractivity contribution is 6.31. The van der Waals surface area contributed by atoms with Gasteiger partial charge in [-0.2, -0.15) is 4.98 Å². The second kappa shape index (κ2) is 5.32. The van der Waals surface area contributed by atoms with Crippen molar-refractivity contribution in [3.63, 3.8) is 0 Å². The van der Waals surface area contributed by atoms with Crippen LogP contribution in [0.15, 0.2) is 22.7 Å². The van der Waals surface area contributed by atoms with Crippen molar-refractivity contribution in [2.24, 2.45) is 5.92 Å². The van der Waals surface area contributed by atoms with Gasteiger partial charge in [0.2, 0.25) is 5.89 Å². The van der Waals surface area contributed by atoms with Crippen LogP contribution >= 0.6 is 11.6 Å². The lowest BCUT2D eigenvalue weighted by Gasteiger charge is -2.01. The second-order valence-electron chi connectivity index (χ2n) is 4.90. The Hall–Kier alpha value is -1.75. The number of ketones is 1. The van der Waals surface area contributed by atoms with Gasteiger partial charge in [-0.1, -0.05) is 22.8 Å². The maximum absolute atomic E-state index is 13.6. The summed E-state index contributed by atoms with van der Waals surface area (Å²) in [6, 6.07) is 4.48. The van der Waals surface area contributed by atoms with Crippen molar-refractivity contribution in [2.45, 2.75) is 25.7 Å². The SMILES string of the molecule is O=C(Cc1nc(Cc2c(F)cccc2Cl)no1)C1CC1. The Morgan fingerprint density at radius 1 is 1.45 bits per heavy atom. The summed E-state index contributed by atoms with van der Waals surface area (Å²) < 4.78 is 18.7. The van der Waals surface area contributed by atoms with E-state index in [9.17, 15) is 9.18 Å². The molecule has 1 saturated carbocycles. The van der Waals surface area contributed by atoms with Crippen LogP contribution in [0.4, 0.5) is 4.39 Å². The highest BCUT2D eigenvalue weighted by Crippen LogP contribution is 2.30. The largest absolute Gasteiger partial charge is 0.339 e. The van der Waals surface area contributed by atoms with Crippen LogP contribution < -0.4 is 0 Å². The van der Waals surface area contributed by atoms with Crippen molar-refractivity contribution in [1.82, 2.24) is 10.1 Å². The van der Waals surface area contributed by atoms with E-state index in [2.05, 4.69) is 10.1 Å². The van der Waals surface area contributed by atoms with Gasteiger partial charge in [-0.25, -0.2) is 4.39 Å². The van der Waals surface area contributed by atoms with Crippen LogP contribution in [0, 0.1) is 11.7 Å². The van der Waals surface area contributed by atoms with E-state index >= 15 is 0 Å². The summed E-state index contributed by atoms with van der Waals surface area (Å²) >= 11 is 5.94. The Morgan fingerprint density at radius 3 is 2.95 bits per heavy atom. The molecule has 0 spiro atoms. The summed E-state index contributed by atoms with van der Waals surface area (Å²) in [4.78, 5) is 15.8. The fourth-order valence-corrected chi connectivity index (χ4v) is 2.22. The molecule has 0 atom stereocenters. The third-order valence-electron chi connectivity index (χ3n) is 3.26. The molecule has 1 fully saturated rings. The molecular weight excluding hydrogens is 283 g/mol. The maximum atomic E-state index is 13.6. The average Bonchev–Trinajstić information content (AvgIpc) is 3.17. The fourth-order valence-electron chi connectivity index (χ4n) is 1.99. The molecule has 6 heteroatoms. The maximum Gasteiger partial charge on any atom is 0.234 e. The molecular formula is C14H12ClFN2O2. The summed E-state index contributed by atoms with van der Waals surface area (Å²) in [6.45, 7) is 0. The van der Waals surface area contributed by atoms with Gasteiger partial charge in [0, 0.05) is 22.9 Å². The van der Waals surface area contributed by atoms with Crippen LogP contribution in [0.25, 0.3) is 0 Å². The van der Waals surface area contributed by atoms with Crippen LogP contribution in [0.1, 0.15) is 30.1 Å². The van der Waals surface area contributed by atoms with E-state index < -0.39 is 5.82 Å². The normalized spacial score (nSPS) is 14.5. The Kier molecular flexibility index (Phi) is 3.53. The van der Waals surface area contributed by atoms with Gasteiger partial charge >= 0.3 is 0 Å². The molecule has 1 aromatic heterocycles. The molecule has 0 N–H and O–H groups in total. The molecule has 0 saturated heterocycles. The van der Waals surface area contributed by atoms with Gasteiger partial charge in [0.1, 0.15) is 11.6 Å². The highest BCUT2D eigenvalue weighted by Gasteiger charge is 2.30. The van der Waals surface area contributed by atoms with Gasteiger partial charge in [-0.15, -0.1) is 0 Å². The minimum absolute atomic E-state index is 0.129. The topological polar surface area (TPSA) is 56.0 Å². The third-order valence-corrected chi connectivity index (χ3v) is 3.62. The summed E-state index contributed by atoms with van der Waals surface area (Å²) in [5, 5.41) is 4.09. The summed E-state index contributed by atoms with van der Waals surface area (Å²) in [6.07, 6.45) is 2.20. The molecule has 2 aromatic rings. The van der Waals surface area contributed by atoms with Gasteiger partial charge < -0.3 is 4.52 Å². The van der Waals surface area contributed by atoms with Gasteiger partial charge in [-0.3, -0.25) is 4.79 Å². The minimum atomic E-state index is -0.405. The first kappa shape index (κ1) is 13.2. The smallest absolute Gasteiger partial charge is 0.234 e. The molecule has 0 radical (unpaired) electrons.